The van der Waals surface area contributed by atoms with Gasteiger partial charge in [-0.2, -0.15) is 5.26 Å². The first kappa shape index (κ1) is 5.76. The van der Waals surface area contributed by atoms with E-state index >= 15 is 0 Å². The van der Waals surface area contributed by atoms with E-state index in [1.807, 2.05) is 13.0 Å². The van der Waals surface area contributed by atoms with E-state index in [4.69, 9.17) is 5.26 Å². The molecule has 1 heterocycles. The SMILES string of the molecule is CCn1nn[c]c1C#N. The molecule has 0 fully saturated rings. The zero-order chi connectivity index (χ0) is 6.69. The molecule has 0 unspecified atom stereocenters. The first-order valence-electron chi connectivity index (χ1n) is 2.59. The molecule has 0 atom stereocenters. The van der Waals surface area contributed by atoms with E-state index in [9.17, 15) is 0 Å². The van der Waals surface area contributed by atoms with Crippen LogP contribution in [-0.2, 0) is 6.54 Å². The van der Waals surface area contributed by atoms with Gasteiger partial charge >= 0.3 is 0 Å². The van der Waals surface area contributed by atoms with Crippen molar-refractivity contribution < 1.29 is 0 Å². The van der Waals surface area contributed by atoms with Crippen LogP contribution < -0.4 is 0 Å². The fraction of sp³-hybridized carbons (Fsp3) is 0.400. The van der Waals surface area contributed by atoms with E-state index < -0.39 is 0 Å². The predicted octanol–water partition coefficient (Wildman–Crippen LogP) is -0.0301. The summed E-state index contributed by atoms with van der Waals surface area (Å²) >= 11 is 0. The normalized spacial score (nSPS) is 8.89. The van der Waals surface area contributed by atoms with Crippen molar-refractivity contribution in [1.29, 1.82) is 5.26 Å². The fourth-order valence-corrected chi connectivity index (χ4v) is 0.530. The summed E-state index contributed by atoms with van der Waals surface area (Å²) in [5.41, 5.74) is 0.387. The zero-order valence-electron chi connectivity index (χ0n) is 5.00. The average Bonchev–Trinajstić information content (AvgIpc) is 2.33. The van der Waals surface area contributed by atoms with Gasteiger partial charge in [-0.3, -0.25) is 0 Å². The highest BCUT2D eigenvalue weighted by molar-refractivity contribution is 5.13. The van der Waals surface area contributed by atoms with Gasteiger partial charge in [0.05, 0.1) is 0 Å². The van der Waals surface area contributed by atoms with Gasteiger partial charge < -0.3 is 0 Å². The van der Waals surface area contributed by atoms with Gasteiger partial charge in [0.1, 0.15) is 6.07 Å². The highest BCUT2D eigenvalue weighted by Crippen LogP contribution is 1.89. The third-order valence-electron chi connectivity index (χ3n) is 0.972. The van der Waals surface area contributed by atoms with Crippen molar-refractivity contribution in [3.63, 3.8) is 0 Å². The maximum atomic E-state index is 8.36. The van der Waals surface area contributed by atoms with E-state index in [2.05, 4.69) is 16.5 Å². The maximum absolute atomic E-state index is 8.36. The van der Waals surface area contributed by atoms with Crippen LogP contribution in [0.3, 0.4) is 0 Å². The second-order valence-corrected chi connectivity index (χ2v) is 1.48. The van der Waals surface area contributed by atoms with Gasteiger partial charge in [-0.1, -0.05) is 5.21 Å². The molecule has 0 bridgehead atoms. The van der Waals surface area contributed by atoms with Gasteiger partial charge in [0.15, 0.2) is 11.9 Å². The van der Waals surface area contributed by atoms with Crippen LogP contribution in [-0.4, -0.2) is 15.0 Å². The molecule has 0 saturated heterocycles. The number of rotatable bonds is 1. The van der Waals surface area contributed by atoms with E-state index in [1.54, 1.807) is 0 Å². The lowest BCUT2D eigenvalue weighted by atomic mass is 10.5. The first-order chi connectivity index (χ1) is 4.38. The molecular weight excluding hydrogens is 116 g/mol. The summed E-state index contributed by atoms with van der Waals surface area (Å²) < 4.78 is 1.49. The average molecular weight is 121 g/mol. The van der Waals surface area contributed by atoms with Crippen LogP contribution in [0.15, 0.2) is 0 Å². The van der Waals surface area contributed by atoms with Crippen LogP contribution in [0.25, 0.3) is 0 Å². The number of hydrogen-bond acceptors (Lipinski definition) is 3. The molecule has 0 aromatic carbocycles. The molecule has 0 aliphatic heterocycles. The minimum atomic E-state index is 0.387. The lowest BCUT2D eigenvalue weighted by Gasteiger charge is -1.89. The zero-order valence-corrected chi connectivity index (χ0v) is 5.00. The Morgan fingerprint density at radius 2 is 2.67 bits per heavy atom. The second-order valence-electron chi connectivity index (χ2n) is 1.48. The highest BCUT2D eigenvalue weighted by Gasteiger charge is 1.97. The van der Waals surface area contributed by atoms with E-state index in [-0.39, 0.29) is 0 Å². The van der Waals surface area contributed by atoms with Crippen molar-refractivity contribution in [2.75, 3.05) is 0 Å². The molecule has 0 amide bonds. The lowest BCUT2D eigenvalue weighted by Crippen LogP contribution is -1.98. The topological polar surface area (TPSA) is 54.5 Å². The van der Waals surface area contributed by atoms with Crippen molar-refractivity contribution in [2.24, 2.45) is 0 Å². The molecule has 0 saturated carbocycles. The molecule has 1 aromatic rings. The Morgan fingerprint density at radius 3 is 3.11 bits per heavy atom. The van der Waals surface area contributed by atoms with Gasteiger partial charge in [-0.15, -0.1) is 5.10 Å². The maximum Gasteiger partial charge on any atom is 0.168 e. The molecule has 1 rings (SSSR count). The Balaban J connectivity index is 3.02. The lowest BCUT2D eigenvalue weighted by molar-refractivity contribution is 0.620. The van der Waals surface area contributed by atoms with Crippen LogP contribution in [0, 0.1) is 17.5 Å². The molecule has 1 radical (unpaired) electrons. The van der Waals surface area contributed by atoms with Crippen LogP contribution in [0.2, 0.25) is 0 Å². The number of hydrogen-bond donors (Lipinski definition) is 0. The van der Waals surface area contributed by atoms with Crippen LogP contribution in [0.5, 0.6) is 0 Å². The third kappa shape index (κ3) is 0.891. The molecule has 0 aliphatic carbocycles. The fourth-order valence-electron chi connectivity index (χ4n) is 0.530. The second kappa shape index (κ2) is 2.27. The Kier molecular flexibility index (Phi) is 1.45. The summed E-state index contributed by atoms with van der Waals surface area (Å²) in [6, 6.07) is 1.91. The Bertz CT molecular complexity index is 231. The standard InChI is InChI=1S/C5H5N4/c1-2-9-5(3-6)4-7-8-9/h2H2,1H3. The first-order valence-corrected chi connectivity index (χ1v) is 2.59. The van der Waals surface area contributed by atoms with E-state index in [1.165, 1.54) is 4.68 Å². The van der Waals surface area contributed by atoms with Crippen molar-refractivity contribution in [2.45, 2.75) is 13.5 Å². The monoisotopic (exact) mass is 121 g/mol. The van der Waals surface area contributed by atoms with Gasteiger partial charge in [-0.05, 0) is 6.92 Å². The van der Waals surface area contributed by atoms with Crippen molar-refractivity contribution in [1.82, 2.24) is 15.0 Å². The summed E-state index contributed by atoms with van der Waals surface area (Å²) in [6.45, 7) is 2.56. The minimum Gasteiger partial charge on any atom is -0.234 e. The van der Waals surface area contributed by atoms with Gasteiger partial charge in [0, 0.05) is 6.54 Å². The molecule has 9 heavy (non-hydrogen) atoms. The summed E-state index contributed by atoms with van der Waals surface area (Å²) in [5.74, 6) is 0. The molecule has 0 aliphatic rings. The largest absolute Gasteiger partial charge is 0.234 e. The highest BCUT2D eigenvalue weighted by atomic mass is 15.4. The quantitative estimate of drug-likeness (QED) is 0.524. The third-order valence-corrected chi connectivity index (χ3v) is 0.972. The van der Waals surface area contributed by atoms with Crippen LogP contribution in [0.4, 0.5) is 0 Å². The predicted molar refractivity (Wildman–Crippen MR) is 29.2 cm³/mol. The number of aryl methyl sites for hydroxylation is 1. The van der Waals surface area contributed by atoms with Crippen molar-refractivity contribution >= 4 is 0 Å². The Labute approximate surface area is 52.7 Å². The molecule has 4 nitrogen and oxygen atoms in total. The van der Waals surface area contributed by atoms with Crippen molar-refractivity contribution in [3.05, 3.63) is 11.9 Å². The molecule has 1 aromatic heterocycles. The minimum absolute atomic E-state index is 0.387. The summed E-state index contributed by atoms with van der Waals surface area (Å²) in [4.78, 5) is 0. The number of aromatic nitrogens is 3. The van der Waals surface area contributed by atoms with Crippen LogP contribution in [0.1, 0.15) is 12.6 Å². The number of nitriles is 1. The van der Waals surface area contributed by atoms with Crippen LogP contribution >= 0.6 is 0 Å². The van der Waals surface area contributed by atoms with Gasteiger partial charge in [0.25, 0.3) is 0 Å². The van der Waals surface area contributed by atoms with Gasteiger partial charge in [0.2, 0.25) is 0 Å². The van der Waals surface area contributed by atoms with E-state index in [0.29, 0.717) is 12.2 Å². The van der Waals surface area contributed by atoms with Crippen molar-refractivity contribution in [3.8, 4) is 6.07 Å². The number of nitrogens with zero attached hydrogens (tertiary/aromatic N) is 4. The Morgan fingerprint density at radius 1 is 1.89 bits per heavy atom. The Hall–Kier alpha value is -1.37. The smallest absolute Gasteiger partial charge is 0.168 e. The molecular formula is C5H5N4. The molecule has 4 heteroatoms. The van der Waals surface area contributed by atoms with Gasteiger partial charge in [-0.25, -0.2) is 4.68 Å². The van der Waals surface area contributed by atoms with E-state index in [0.717, 1.165) is 0 Å². The molecule has 0 N–H and O–H groups in total. The summed E-state index contributed by atoms with van der Waals surface area (Å²) in [5, 5.41) is 15.4. The summed E-state index contributed by atoms with van der Waals surface area (Å²) in [7, 11) is 0. The molecule has 0 spiro atoms. The summed E-state index contributed by atoms with van der Waals surface area (Å²) in [6.07, 6.45) is 2.45. The molecule has 45 valence electrons.